The van der Waals surface area contributed by atoms with E-state index in [4.69, 9.17) is 9.73 Å². The normalized spacial score (nSPS) is 20.0. The minimum absolute atomic E-state index is 0.111. The van der Waals surface area contributed by atoms with Crippen molar-refractivity contribution in [3.8, 4) is 5.75 Å². The molecule has 3 amide bonds. The first-order valence-electron chi connectivity index (χ1n) is 12.1. The highest BCUT2D eigenvalue weighted by Gasteiger charge is 2.35. The van der Waals surface area contributed by atoms with Crippen molar-refractivity contribution in [1.82, 2.24) is 16.2 Å². The third-order valence-electron chi connectivity index (χ3n) is 6.96. The maximum Gasteiger partial charge on any atom is 0.269 e. The fourth-order valence-electron chi connectivity index (χ4n) is 4.66. The van der Waals surface area contributed by atoms with E-state index in [9.17, 15) is 14.4 Å². The second-order valence-electron chi connectivity index (χ2n) is 9.19. The molecule has 1 saturated carbocycles. The Bertz CT molecular complexity index is 1150. The second kappa shape index (κ2) is 10.7. The number of ether oxygens (including phenoxy) is 1. The lowest BCUT2D eigenvalue weighted by molar-refractivity contribution is -0.132. The minimum Gasteiger partial charge on any atom is -0.497 e. The van der Waals surface area contributed by atoms with Gasteiger partial charge < -0.3 is 10.1 Å². The number of methoxy groups -OCH3 is 1. The van der Waals surface area contributed by atoms with Crippen molar-refractivity contribution in [2.24, 2.45) is 16.8 Å². The van der Waals surface area contributed by atoms with E-state index in [2.05, 4.69) is 22.2 Å². The van der Waals surface area contributed by atoms with Crippen LogP contribution in [-0.4, -0.2) is 36.6 Å². The molecule has 8 heteroatoms. The molecule has 0 bridgehead atoms. The Hall–Kier alpha value is -3.68. The van der Waals surface area contributed by atoms with E-state index in [0.29, 0.717) is 30.6 Å². The number of hydrogen-bond acceptors (Lipinski definition) is 5. The zero-order chi connectivity index (χ0) is 24.9. The highest BCUT2D eigenvalue weighted by atomic mass is 16.5. The Balaban J connectivity index is 1.38. The van der Waals surface area contributed by atoms with Crippen molar-refractivity contribution in [1.29, 1.82) is 0 Å². The Morgan fingerprint density at radius 2 is 2.03 bits per heavy atom. The molecule has 3 atom stereocenters. The zero-order valence-corrected chi connectivity index (χ0v) is 20.4. The Morgan fingerprint density at radius 3 is 2.80 bits per heavy atom. The SMILES string of the molecule is CC[C@H](C)[C@H](NC(=O)C1CCC2=NC3=CC=CCC3=C2C1)C(=O)NNC(=O)c1cccc(OC)c1. The largest absolute Gasteiger partial charge is 0.497 e. The van der Waals surface area contributed by atoms with Crippen LogP contribution >= 0.6 is 0 Å². The number of nitrogens with one attached hydrogen (secondary N) is 3. The van der Waals surface area contributed by atoms with Gasteiger partial charge in [-0.1, -0.05) is 38.5 Å². The van der Waals surface area contributed by atoms with Crippen LogP contribution in [0.15, 0.2) is 64.3 Å². The van der Waals surface area contributed by atoms with Crippen molar-refractivity contribution in [2.45, 2.75) is 52.0 Å². The summed E-state index contributed by atoms with van der Waals surface area (Å²) in [7, 11) is 1.52. The monoisotopic (exact) mass is 476 g/mol. The standard InChI is InChI=1S/C27H32N4O4/c1-4-16(2)24(27(34)31-30-26(33)17-8-7-9-19(14-17)35-3)29-25(32)18-12-13-23-21(15-18)20-10-5-6-11-22(20)28-23/h5-9,11,14,16,18,24H,4,10,12-13,15H2,1-3H3,(H,29,32)(H,30,33)(H,31,34)/t16-,18?,24-/m0/s1. The summed E-state index contributed by atoms with van der Waals surface area (Å²) in [5.74, 6) is -0.842. The van der Waals surface area contributed by atoms with E-state index >= 15 is 0 Å². The predicted octanol–water partition coefficient (Wildman–Crippen LogP) is 3.38. The molecular formula is C27H32N4O4. The summed E-state index contributed by atoms with van der Waals surface area (Å²) in [6, 6.07) is 5.87. The Labute approximate surface area is 205 Å². The molecule has 1 aliphatic heterocycles. The molecule has 2 aliphatic carbocycles. The molecule has 1 heterocycles. The van der Waals surface area contributed by atoms with Crippen LogP contribution in [0, 0.1) is 11.8 Å². The van der Waals surface area contributed by atoms with Gasteiger partial charge in [0.05, 0.1) is 12.8 Å². The summed E-state index contributed by atoms with van der Waals surface area (Å²) in [5.41, 5.74) is 9.78. The van der Waals surface area contributed by atoms with Crippen LogP contribution in [0.5, 0.6) is 5.75 Å². The maximum absolute atomic E-state index is 13.2. The summed E-state index contributed by atoms with van der Waals surface area (Å²) in [6.07, 6.45) is 9.77. The van der Waals surface area contributed by atoms with Crippen molar-refractivity contribution < 1.29 is 19.1 Å². The van der Waals surface area contributed by atoms with Crippen LogP contribution in [0.1, 0.15) is 56.3 Å². The number of carbonyl (C=O) groups excluding carboxylic acids is 3. The first-order valence-corrected chi connectivity index (χ1v) is 12.1. The highest BCUT2D eigenvalue weighted by Crippen LogP contribution is 2.39. The van der Waals surface area contributed by atoms with E-state index in [0.717, 1.165) is 24.3 Å². The summed E-state index contributed by atoms with van der Waals surface area (Å²) in [5, 5.41) is 2.96. The second-order valence-corrected chi connectivity index (χ2v) is 9.19. The van der Waals surface area contributed by atoms with E-state index in [1.54, 1.807) is 24.3 Å². The molecule has 3 aliphatic rings. The summed E-state index contributed by atoms with van der Waals surface area (Å²) in [4.78, 5) is 43.4. The summed E-state index contributed by atoms with van der Waals surface area (Å²) >= 11 is 0. The number of nitrogens with zero attached hydrogens (tertiary/aromatic N) is 1. The number of allylic oxidation sites excluding steroid dienone is 5. The van der Waals surface area contributed by atoms with Gasteiger partial charge in [-0.25, -0.2) is 0 Å². The average Bonchev–Trinajstić information content (AvgIpc) is 3.27. The zero-order valence-electron chi connectivity index (χ0n) is 20.4. The number of benzene rings is 1. The fraction of sp³-hybridized carbons (Fsp3) is 0.407. The highest BCUT2D eigenvalue weighted by molar-refractivity contribution is 6.07. The molecule has 0 aromatic heterocycles. The van der Waals surface area contributed by atoms with Crippen LogP contribution in [0.3, 0.4) is 0 Å². The number of carbonyl (C=O) groups is 3. The van der Waals surface area contributed by atoms with Crippen LogP contribution in [0.4, 0.5) is 0 Å². The molecule has 35 heavy (non-hydrogen) atoms. The molecular weight excluding hydrogens is 444 g/mol. The van der Waals surface area contributed by atoms with Gasteiger partial charge in [0.2, 0.25) is 5.91 Å². The van der Waals surface area contributed by atoms with Gasteiger partial charge in [0.1, 0.15) is 11.8 Å². The molecule has 8 nitrogen and oxygen atoms in total. The molecule has 0 spiro atoms. The van der Waals surface area contributed by atoms with E-state index in [-0.39, 0.29) is 17.7 Å². The van der Waals surface area contributed by atoms with Crippen molar-refractivity contribution >= 4 is 23.4 Å². The first kappa shape index (κ1) is 24.4. The van der Waals surface area contributed by atoms with Crippen molar-refractivity contribution in [2.75, 3.05) is 7.11 Å². The number of hydrazine groups is 1. The number of fused-ring (bicyclic) bond motifs is 2. The molecule has 1 unspecified atom stereocenters. The first-order chi connectivity index (χ1) is 16.9. The van der Waals surface area contributed by atoms with E-state index in [1.165, 1.54) is 18.3 Å². The van der Waals surface area contributed by atoms with Crippen LogP contribution in [0.25, 0.3) is 0 Å². The summed E-state index contributed by atoms with van der Waals surface area (Å²) < 4.78 is 5.14. The average molecular weight is 477 g/mol. The van der Waals surface area contributed by atoms with Gasteiger partial charge in [0.25, 0.3) is 11.8 Å². The quantitative estimate of drug-likeness (QED) is 0.524. The molecule has 1 fully saturated rings. The lowest BCUT2D eigenvalue weighted by Gasteiger charge is -2.28. The van der Waals surface area contributed by atoms with Gasteiger partial charge in [0.15, 0.2) is 0 Å². The molecule has 4 rings (SSSR count). The van der Waals surface area contributed by atoms with Crippen molar-refractivity contribution in [3.05, 3.63) is 64.9 Å². The number of rotatable bonds is 7. The lowest BCUT2D eigenvalue weighted by atomic mass is 9.81. The van der Waals surface area contributed by atoms with Gasteiger partial charge in [-0.3, -0.25) is 30.2 Å². The van der Waals surface area contributed by atoms with Gasteiger partial charge in [-0.15, -0.1) is 0 Å². The smallest absolute Gasteiger partial charge is 0.269 e. The van der Waals surface area contributed by atoms with Gasteiger partial charge in [-0.2, -0.15) is 0 Å². The predicted molar refractivity (Wildman–Crippen MR) is 134 cm³/mol. The number of aliphatic imine (C=N–C) groups is 1. The molecule has 1 aromatic carbocycles. The Morgan fingerprint density at radius 1 is 1.20 bits per heavy atom. The minimum atomic E-state index is -0.762. The van der Waals surface area contributed by atoms with E-state index in [1.807, 2.05) is 26.0 Å². The fourth-order valence-corrected chi connectivity index (χ4v) is 4.66. The van der Waals surface area contributed by atoms with E-state index < -0.39 is 17.9 Å². The van der Waals surface area contributed by atoms with Crippen LogP contribution in [-0.2, 0) is 9.59 Å². The van der Waals surface area contributed by atoms with Gasteiger partial charge in [0, 0.05) is 17.2 Å². The molecule has 3 N–H and O–H groups in total. The molecule has 0 radical (unpaired) electrons. The number of hydrogen-bond donors (Lipinski definition) is 3. The lowest BCUT2D eigenvalue weighted by Crippen LogP contribution is -2.55. The number of amides is 3. The maximum atomic E-state index is 13.2. The molecule has 1 aromatic rings. The van der Waals surface area contributed by atoms with Crippen molar-refractivity contribution in [3.63, 3.8) is 0 Å². The summed E-state index contributed by atoms with van der Waals surface area (Å²) in [6.45, 7) is 3.87. The Kier molecular flexibility index (Phi) is 7.48. The van der Waals surface area contributed by atoms with Crippen LogP contribution < -0.4 is 20.9 Å². The molecule has 184 valence electrons. The van der Waals surface area contributed by atoms with Gasteiger partial charge in [-0.05, 0) is 67.0 Å². The third kappa shape index (κ3) is 5.37. The topological polar surface area (TPSA) is 109 Å². The molecule has 0 saturated heterocycles. The third-order valence-corrected chi connectivity index (χ3v) is 6.96. The van der Waals surface area contributed by atoms with Gasteiger partial charge >= 0.3 is 0 Å². The van der Waals surface area contributed by atoms with Crippen LogP contribution in [0.2, 0.25) is 0 Å².